The van der Waals surface area contributed by atoms with Crippen LogP contribution in [0, 0.1) is 6.92 Å². The van der Waals surface area contributed by atoms with Gasteiger partial charge in [0.15, 0.2) is 5.69 Å². The van der Waals surface area contributed by atoms with Crippen molar-refractivity contribution in [2.24, 2.45) is 0 Å². The number of aryl methyl sites for hydroxylation is 1. The van der Waals surface area contributed by atoms with Crippen LogP contribution in [-0.4, -0.2) is 26.1 Å². The minimum absolute atomic E-state index is 0.0215. The Hall–Kier alpha value is -3.55. The molecule has 0 fully saturated rings. The van der Waals surface area contributed by atoms with Crippen LogP contribution in [0.5, 0.6) is 5.75 Å². The molecule has 1 aromatic carbocycles. The van der Waals surface area contributed by atoms with E-state index in [0.29, 0.717) is 11.6 Å². The highest BCUT2D eigenvalue weighted by molar-refractivity contribution is 5.88. The summed E-state index contributed by atoms with van der Waals surface area (Å²) in [6, 6.07) is 11.1. The van der Waals surface area contributed by atoms with Gasteiger partial charge in [0, 0.05) is 23.5 Å². The summed E-state index contributed by atoms with van der Waals surface area (Å²) in [5.74, 6) is 0.375. The zero-order valence-corrected chi connectivity index (χ0v) is 12.7. The number of anilines is 2. The molecule has 8 nitrogen and oxygen atoms in total. The molecule has 2 aromatic heterocycles. The van der Waals surface area contributed by atoms with E-state index < -0.39 is 5.97 Å². The summed E-state index contributed by atoms with van der Waals surface area (Å²) in [5, 5.41) is 8.92. The van der Waals surface area contributed by atoms with Gasteiger partial charge in [0.1, 0.15) is 17.9 Å². The third-order valence-electron chi connectivity index (χ3n) is 3.03. The van der Waals surface area contributed by atoms with E-state index in [4.69, 9.17) is 4.74 Å². The van der Waals surface area contributed by atoms with Gasteiger partial charge in [0.05, 0.1) is 0 Å². The molecular formula is C16H13N5O3. The maximum absolute atomic E-state index is 11.9. The molecule has 0 radical (unpaired) electrons. The van der Waals surface area contributed by atoms with Gasteiger partial charge in [-0.25, -0.2) is 19.9 Å². The Bertz CT molecular complexity index is 901. The number of aromatic amines is 1. The molecule has 2 heterocycles. The highest BCUT2D eigenvalue weighted by Crippen LogP contribution is 2.19. The van der Waals surface area contributed by atoms with Crippen LogP contribution >= 0.6 is 0 Å². The summed E-state index contributed by atoms with van der Waals surface area (Å²) in [4.78, 5) is 31.0. The van der Waals surface area contributed by atoms with E-state index in [1.165, 1.54) is 18.5 Å². The predicted octanol–water partition coefficient (Wildman–Crippen LogP) is 1.83. The van der Waals surface area contributed by atoms with Gasteiger partial charge in [-0.15, -0.1) is 0 Å². The first-order valence-electron chi connectivity index (χ1n) is 7.04. The second kappa shape index (κ2) is 6.69. The topological polar surface area (TPSA) is 110 Å². The first-order valence-corrected chi connectivity index (χ1v) is 7.04. The van der Waals surface area contributed by atoms with Crippen LogP contribution in [0.4, 0.5) is 11.5 Å². The van der Waals surface area contributed by atoms with E-state index in [2.05, 4.69) is 25.5 Å². The number of aromatic nitrogens is 4. The van der Waals surface area contributed by atoms with E-state index in [1.54, 1.807) is 24.3 Å². The summed E-state index contributed by atoms with van der Waals surface area (Å²) in [7, 11) is 0. The van der Waals surface area contributed by atoms with Crippen LogP contribution in [0.3, 0.4) is 0 Å². The molecule has 0 aliphatic rings. The smallest absolute Gasteiger partial charge is 0.364 e. The van der Waals surface area contributed by atoms with Crippen molar-refractivity contribution in [1.82, 2.24) is 20.2 Å². The van der Waals surface area contributed by atoms with Crippen LogP contribution in [-0.2, 0) is 0 Å². The number of carbonyl (C=O) groups excluding carboxylic acids is 1. The summed E-state index contributed by atoms with van der Waals surface area (Å²) in [6.07, 6.45) is 1.48. The van der Waals surface area contributed by atoms with Crippen molar-refractivity contribution in [3.8, 4) is 5.75 Å². The maximum atomic E-state index is 11.9. The average molecular weight is 323 g/mol. The summed E-state index contributed by atoms with van der Waals surface area (Å²) < 4.78 is 5.19. The van der Waals surface area contributed by atoms with Crippen LogP contribution in [0.1, 0.15) is 16.2 Å². The van der Waals surface area contributed by atoms with Crippen molar-refractivity contribution >= 4 is 17.5 Å². The summed E-state index contributed by atoms with van der Waals surface area (Å²) in [6.45, 7) is 1.88. The zero-order valence-electron chi connectivity index (χ0n) is 12.7. The standard InChI is InChI=1S/C16H13N5O3/c1-10-8-14(18-9-17-10)19-11-2-4-12(5-3-11)24-16(23)13-6-7-15(22)21-20-13/h2-9H,1H3,(H,21,22)(H,17,18,19). The number of ether oxygens (including phenoxy) is 1. The van der Waals surface area contributed by atoms with Gasteiger partial charge < -0.3 is 10.1 Å². The van der Waals surface area contributed by atoms with Crippen molar-refractivity contribution in [3.05, 3.63) is 70.5 Å². The van der Waals surface area contributed by atoms with E-state index >= 15 is 0 Å². The molecule has 0 bridgehead atoms. The number of carbonyl (C=O) groups is 1. The lowest BCUT2D eigenvalue weighted by molar-refractivity contribution is 0.0727. The molecular weight excluding hydrogens is 310 g/mol. The number of H-pyrrole nitrogens is 1. The van der Waals surface area contributed by atoms with Gasteiger partial charge in [-0.05, 0) is 37.3 Å². The lowest BCUT2D eigenvalue weighted by atomic mass is 10.3. The highest BCUT2D eigenvalue weighted by atomic mass is 16.5. The Kier molecular flexibility index (Phi) is 4.28. The molecule has 0 aliphatic heterocycles. The Morgan fingerprint density at radius 2 is 1.92 bits per heavy atom. The van der Waals surface area contributed by atoms with E-state index in [-0.39, 0.29) is 11.3 Å². The molecule has 8 heteroatoms. The van der Waals surface area contributed by atoms with E-state index in [1.807, 2.05) is 13.0 Å². The average Bonchev–Trinajstić information content (AvgIpc) is 2.57. The van der Waals surface area contributed by atoms with Crippen molar-refractivity contribution < 1.29 is 9.53 Å². The van der Waals surface area contributed by atoms with Crippen LogP contribution < -0.4 is 15.6 Å². The minimum Gasteiger partial charge on any atom is -0.422 e. The molecule has 2 N–H and O–H groups in total. The lowest BCUT2D eigenvalue weighted by Gasteiger charge is -2.07. The second-order valence-electron chi connectivity index (χ2n) is 4.89. The SMILES string of the molecule is Cc1cc(Nc2ccc(OC(=O)c3ccc(=O)[nH]n3)cc2)ncn1. The largest absolute Gasteiger partial charge is 0.422 e. The van der Waals surface area contributed by atoms with E-state index in [9.17, 15) is 9.59 Å². The number of hydrogen-bond acceptors (Lipinski definition) is 7. The van der Waals surface area contributed by atoms with E-state index in [0.717, 1.165) is 11.4 Å². The van der Waals surface area contributed by atoms with Gasteiger partial charge in [-0.2, -0.15) is 5.10 Å². The Labute approximate surface area is 136 Å². The molecule has 3 rings (SSSR count). The quantitative estimate of drug-likeness (QED) is 0.556. The number of hydrogen-bond donors (Lipinski definition) is 2. The molecule has 120 valence electrons. The molecule has 0 atom stereocenters. The summed E-state index contributed by atoms with van der Waals surface area (Å²) >= 11 is 0. The molecule has 0 amide bonds. The lowest BCUT2D eigenvalue weighted by Crippen LogP contribution is -2.15. The molecule has 0 aliphatic carbocycles. The fraction of sp³-hybridized carbons (Fsp3) is 0.0625. The number of esters is 1. The Morgan fingerprint density at radius 3 is 2.58 bits per heavy atom. The van der Waals surface area contributed by atoms with Crippen molar-refractivity contribution in [2.75, 3.05) is 5.32 Å². The number of benzene rings is 1. The third kappa shape index (κ3) is 3.80. The van der Waals surface area contributed by atoms with Gasteiger partial charge in [-0.1, -0.05) is 0 Å². The fourth-order valence-corrected chi connectivity index (χ4v) is 1.89. The minimum atomic E-state index is -0.654. The Balaban J connectivity index is 1.67. The molecule has 0 saturated carbocycles. The van der Waals surface area contributed by atoms with Crippen molar-refractivity contribution in [1.29, 1.82) is 0 Å². The van der Waals surface area contributed by atoms with Gasteiger partial charge in [0.2, 0.25) is 0 Å². The fourth-order valence-electron chi connectivity index (χ4n) is 1.89. The van der Waals surface area contributed by atoms with Crippen molar-refractivity contribution in [2.45, 2.75) is 6.92 Å². The van der Waals surface area contributed by atoms with Crippen LogP contribution in [0.2, 0.25) is 0 Å². The molecule has 3 aromatic rings. The Morgan fingerprint density at radius 1 is 1.12 bits per heavy atom. The second-order valence-corrected chi connectivity index (χ2v) is 4.89. The van der Waals surface area contributed by atoms with Gasteiger partial charge >= 0.3 is 5.97 Å². The zero-order chi connectivity index (χ0) is 16.9. The third-order valence-corrected chi connectivity index (χ3v) is 3.03. The monoisotopic (exact) mass is 323 g/mol. The van der Waals surface area contributed by atoms with Crippen molar-refractivity contribution in [3.63, 3.8) is 0 Å². The molecule has 0 saturated heterocycles. The number of rotatable bonds is 4. The number of nitrogens with one attached hydrogen (secondary N) is 2. The maximum Gasteiger partial charge on any atom is 0.364 e. The molecule has 24 heavy (non-hydrogen) atoms. The number of nitrogens with zero attached hydrogens (tertiary/aromatic N) is 3. The van der Waals surface area contributed by atoms with Gasteiger partial charge in [-0.3, -0.25) is 4.79 Å². The van der Waals surface area contributed by atoms with Crippen LogP contribution in [0.25, 0.3) is 0 Å². The van der Waals surface area contributed by atoms with Crippen LogP contribution in [0.15, 0.2) is 53.6 Å². The molecule has 0 unspecified atom stereocenters. The summed E-state index contributed by atoms with van der Waals surface area (Å²) in [5.41, 5.74) is 1.27. The molecule has 0 spiro atoms. The highest BCUT2D eigenvalue weighted by Gasteiger charge is 2.10. The normalized spacial score (nSPS) is 10.2. The first-order chi connectivity index (χ1) is 11.6. The predicted molar refractivity (Wildman–Crippen MR) is 86.3 cm³/mol. The van der Waals surface area contributed by atoms with Gasteiger partial charge in [0.25, 0.3) is 5.56 Å². The first kappa shape index (κ1) is 15.3.